The minimum Gasteiger partial charge on any atom is -0.396 e. The normalized spacial score (nSPS) is 22.6. The number of hydrogen-bond acceptors (Lipinski definition) is 4. The van der Waals surface area contributed by atoms with Crippen molar-refractivity contribution in [3.63, 3.8) is 0 Å². The molecule has 0 amide bonds. The van der Waals surface area contributed by atoms with Crippen LogP contribution in [-0.4, -0.2) is 68.6 Å². The second-order valence-electron chi connectivity index (χ2n) is 4.54. The van der Waals surface area contributed by atoms with E-state index in [2.05, 4.69) is 0 Å². The summed E-state index contributed by atoms with van der Waals surface area (Å²) in [7, 11) is -1.86. The van der Waals surface area contributed by atoms with Crippen LogP contribution in [-0.2, 0) is 14.9 Å². The molecule has 1 saturated heterocycles. The van der Waals surface area contributed by atoms with Crippen molar-refractivity contribution in [1.82, 2.24) is 8.61 Å². The molecule has 108 valence electrons. The Morgan fingerprint density at radius 1 is 1.50 bits per heavy atom. The Morgan fingerprint density at radius 2 is 2.22 bits per heavy atom. The molecule has 0 radical (unpaired) electrons. The fraction of sp³-hybridized carbons (Fsp3) is 1.00. The van der Waals surface area contributed by atoms with Gasteiger partial charge in [-0.3, -0.25) is 0 Å². The lowest BCUT2D eigenvalue weighted by atomic mass is 10.0. The van der Waals surface area contributed by atoms with Gasteiger partial charge in [0.25, 0.3) is 10.2 Å². The fourth-order valence-electron chi connectivity index (χ4n) is 2.18. The second-order valence-corrected chi connectivity index (χ2v) is 6.47. The summed E-state index contributed by atoms with van der Waals surface area (Å²) in [6, 6.07) is 0. The lowest BCUT2D eigenvalue weighted by Gasteiger charge is -2.34. The van der Waals surface area contributed by atoms with E-state index in [1.165, 1.54) is 8.61 Å². The number of ether oxygens (including phenoxy) is 1. The summed E-state index contributed by atoms with van der Waals surface area (Å²) in [5.74, 6) is 0.0645. The average molecular weight is 280 g/mol. The van der Waals surface area contributed by atoms with Crippen LogP contribution >= 0.6 is 0 Å². The molecule has 6 nitrogen and oxygen atoms in total. The average Bonchev–Trinajstić information content (AvgIpc) is 2.39. The third kappa shape index (κ3) is 3.89. The van der Waals surface area contributed by atoms with Crippen LogP contribution < -0.4 is 0 Å². The smallest absolute Gasteiger partial charge is 0.282 e. The van der Waals surface area contributed by atoms with Gasteiger partial charge in [-0.25, -0.2) is 0 Å². The van der Waals surface area contributed by atoms with Crippen molar-refractivity contribution in [1.29, 1.82) is 0 Å². The maximum atomic E-state index is 12.4. The van der Waals surface area contributed by atoms with Gasteiger partial charge in [0.05, 0.1) is 6.61 Å². The van der Waals surface area contributed by atoms with Crippen LogP contribution in [0.5, 0.6) is 0 Å². The standard InChI is InChI=1S/C11H24N2O4S/c1-3-12(7-8-17-2)18(15,16)13-6-4-5-11(9-13)10-14/h11,14H,3-10H2,1-2H3. The number of methoxy groups -OCH3 is 1. The molecule has 7 heteroatoms. The first-order valence-corrected chi connectivity index (χ1v) is 7.81. The van der Waals surface area contributed by atoms with Crippen molar-refractivity contribution >= 4 is 10.2 Å². The van der Waals surface area contributed by atoms with Crippen molar-refractivity contribution < 1.29 is 18.3 Å². The van der Waals surface area contributed by atoms with Gasteiger partial charge in [-0.1, -0.05) is 6.92 Å². The number of rotatable bonds is 7. The third-order valence-corrected chi connectivity index (χ3v) is 5.37. The number of piperidine rings is 1. The fourth-order valence-corrected chi connectivity index (χ4v) is 3.90. The van der Waals surface area contributed by atoms with Crippen molar-refractivity contribution in [2.75, 3.05) is 46.5 Å². The monoisotopic (exact) mass is 280 g/mol. The highest BCUT2D eigenvalue weighted by molar-refractivity contribution is 7.86. The highest BCUT2D eigenvalue weighted by atomic mass is 32.2. The van der Waals surface area contributed by atoms with Crippen molar-refractivity contribution in [2.45, 2.75) is 19.8 Å². The zero-order valence-corrected chi connectivity index (χ0v) is 12.0. The molecule has 1 unspecified atom stereocenters. The quantitative estimate of drug-likeness (QED) is 0.707. The summed E-state index contributed by atoms with van der Waals surface area (Å²) in [6.45, 7) is 4.04. The first kappa shape index (κ1) is 15.8. The van der Waals surface area contributed by atoms with E-state index in [0.29, 0.717) is 32.8 Å². The summed E-state index contributed by atoms with van der Waals surface area (Å²) in [4.78, 5) is 0. The minimum absolute atomic E-state index is 0.0518. The zero-order valence-electron chi connectivity index (χ0n) is 11.2. The van der Waals surface area contributed by atoms with Gasteiger partial charge in [0, 0.05) is 39.9 Å². The van der Waals surface area contributed by atoms with Crippen LogP contribution in [0.4, 0.5) is 0 Å². The number of aliphatic hydroxyl groups excluding tert-OH is 1. The summed E-state index contributed by atoms with van der Waals surface area (Å²) < 4.78 is 32.6. The van der Waals surface area contributed by atoms with Crippen LogP contribution in [0.25, 0.3) is 0 Å². The largest absolute Gasteiger partial charge is 0.396 e. The number of nitrogens with zero attached hydrogens (tertiary/aromatic N) is 2. The molecule has 1 atom stereocenters. The Labute approximate surface area is 110 Å². The van der Waals surface area contributed by atoms with E-state index >= 15 is 0 Å². The molecule has 1 N–H and O–H groups in total. The topological polar surface area (TPSA) is 70.1 Å². The van der Waals surface area contributed by atoms with Gasteiger partial charge in [0.1, 0.15) is 0 Å². The van der Waals surface area contributed by atoms with E-state index in [1.54, 1.807) is 7.11 Å². The van der Waals surface area contributed by atoms with E-state index in [0.717, 1.165) is 12.8 Å². The lowest BCUT2D eigenvalue weighted by Crippen LogP contribution is -2.49. The molecule has 1 aliphatic heterocycles. The van der Waals surface area contributed by atoms with E-state index < -0.39 is 10.2 Å². The Kier molecular flexibility index (Phi) is 6.51. The SMILES string of the molecule is CCN(CCOC)S(=O)(=O)N1CCCC(CO)C1. The number of aliphatic hydroxyl groups is 1. The Morgan fingerprint density at radius 3 is 2.78 bits per heavy atom. The van der Waals surface area contributed by atoms with E-state index in [1.807, 2.05) is 6.92 Å². The summed E-state index contributed by atoms with van der Waals surface area (Å²) in [6.07, 6.45) is 1.71. The highest BCUT2D eigenvalue weighted by Gasteiger charge is 2.32. The second kappa shape index (κ2) is 7.40. The van der Waals surface area contributed by atoms with Gasteiger partial charge in [-0.15, -0.1) is 0 Å². The molecule has 1 rings (SSSR count). The van der Waals surface area contributed by atoms with Crippen molar-refractivity contribution in [3.05, 3.63) is 0 Å². The summed E-state index contributed by atoms with van der Waals surface area (Å²) >= 11 is 0. The Bertz CT molecular complexity index is 334. The van der Waals surface area contributed by atoms with Gasteiger partial charge >= 0.3 is 0 Å². The third-order valence-electron chi connectivity index (χ3n) is 3.29. The Hall–Kier alpha value is -0.210. The molecule has 0 aromatic rings. The van der Waals surface area contributed by atoms with Gasteiger partial charge in [-0.2, -0.15) is 17.0 Å². The molecule has 18 heavy (non-hydrogen) atoms. The molecule has 1 fully saturated rings. The molecule has 0 aromatic heterocycles. The van der Waals surface area contributed by atoms with Crippen molar-refractivity contribution in [2.24, 2.45) is 5.92 Å². The zero-order chi connectivity index (χ0) is 13.6. The lowest BCUT2D eigenvalue weighted by molar-refractivity contribution is 0.153. The molecule has 1 heterocycles. The van der Waals surface area contributed by atoms with Crippen LogP contribution in [0.2, 0.25) is 0 Å². The van der Waals surface area contributed by atoms with Gasteiger partial charge in [0.2, 0.25) is 0 Å². The molecule has 0 bridgehead atoms. The first-order chi connectivity index (χ1) is 8.56. The van der Waals surface area contributed by atoms with E-state index in [-0.39, 0.29) is 12.5 Å². The van der Waals surface area contributed by atoms with Gasteiger partial charge in [0.15, 0.2) is 0 Å². The molecule has 0 saturated carbocycles. The van der Waals surface area contributed by atoms with Crippen LogP contribution in [0.3, 0.4) is 0 Å². The minimum atomic E-state index is -3.41. The molecule has 0 spiro atoms. The van der Waals surface area contributed by atoms with Crippen LogP contribution in [0, 0.1) is 5.92 Å². The molecule has 0 aromatic carbocycles. The molecular formula is C11H24N2O4S. The predicted octanol–water partition coefficient (Wildman–Crippen LogP) is -0.0962. The first-order valence-electron chi connectivity index (χ1n) is 6.41. The summed E-state index contributed by atoms with van der Waals surface area (Å²) in [5.41, 5.74) is 0. The number of hydrogen-bond donors (Lipinski definition) is 1. The maximum Gasteiger partial charge on any atom is 0.282 e. The summed E-state index contributed by atoms with van der Waals surface area (Å²) in [5, 5.41) is 9.16. The van der Waals surface area contributed by atoms with E-state index in [4.69, 9.17) is 9.84 Å². The van der Waals surface area contributed by atoms with Crippen LogP contribution in [0.1, 0.15) is 19.8 Å². The molecule has 1 aliphatic rings. The van der Waals surface area contributed by atoms with Crippen LogP contribution in [0.15, 0.2) is 0 Å². The number of likely N-dealkylation sites (N-methyl/N-ethyl adjacent to an activating group) is 1. The van der Waals surface area contributed by atoms with Gasteiger partial charge < -0.3 is 9.84 Å². The highest BCUT2D eigenvalue weighted by Crippen LogP contribution is 2.20. The van der Waals surface area contributed by atoms with Crippen molar-refractivity contribution in [3.8, 4) is 0 Å². The molecular weight excluding hydrogens is 256 g/mol. The Balaban J connectivity index is 2.70. The predicted molar refractivity (Wildman–Crippen MR) is 69.4 cm³/mol. The van der Waals surface area contributed by atoms with E-state index in [9.17, 15) is 8.42 Å². The molecule has 0 aliphatic carbocycles. The van der Waals surface area contributed by atoms with Gasteiger partial charge in [-0.05, 0) is 18.8 Å². The maximum absolute atomic E-state index is 12.4.